The van der Waals surface area contributed by atoms with Gasteiger partial charge in [-0.2, -0.15) is 0 Å². The molecule has 11 nitrogen and oxygen atoms in total. The summed E-state index contributed by atoms with van der Waals surface area (Å²) in [5.74, 6) is -0.185. The number of rotatable bonds is 9. The van der Waals surface area contributed by atoms with Gasteiger partial charge in [0.15, 0.2) is 0 Å². The second-order valence-electron chi connectivity index (χ2n) is 10.9. The number of hydrogen-bond acceptors (Lipinski definition) is 8. The van der Waals surface area contributed by atoms with Crippen LogP contribution in [0.3, 0.4) is 0 Å². The minimum Gasteiger partial charge on any atom is -0.497 e. The standard InChI is InChI=1S/C34H32N4O7S/c1-23-29(22-34(39)35-46(42,43)28-13-15-32(33(21-28)38(40)41)36-16-18-45-19-17-36)30-20-27(44-2)12-14-31(30)37(23)26-10-8-25(9-11-26)24-6-4-3-5-7-24/h3-15,20-21H,16-19,22H2,1-2H3,(H,35,39). The van der Waals surface area contributed by atoms with Gasteiger partial charge < -0.3 is 18.9 Å². The quantitative estimate of drug-likeness (QED) is 0.167. The average Bonchev–Trinajstić information content (AvgIpc) is 3.34. The normalized spacial score (nSPS) is 13.5. The predicted molar refractivity (Wildman–Crippen MR) is 175 cm³/mol. The highest BCUT2D eigenvalue weighted by Gasteiger charge is 2.27. The van der Waals surface area contributed by atoms with Crippen molar-refractivity contribution in [2.24, 2.45) is 0 Å². The summed E-state index contributed by atoms with van der Waals surface area (Å²) in [6.07, 6.45) is -0.252. The summed E-state index contributed by atoms with van der Waals surface area (Å²) in [7, 11) is -2.87. The van der Waals surface area contributed by atoms with Crippen molar-refractivity contribution in [3.8, 4) is 22.6 Å². The minimum atomic E-state index is -4.42. The van der Waals surface area contributed by atoms with E-state index in [1.165, 1.54) is 12.1 Å². The number of nitro benzene ring substituents is 1. The number of anilines is 1. The number of hydrogen-bond donors (Lipinski definition) is 1. The molecular formula is C34H32N4O7S. The Hall–Kier alpha value is -5.20. The SMILES string of the molecule is COc1ccc2c(c1)c(CC(=O)NS(=O)(=O)c1ccc(N3CCOCC3)c([N+](=O)[O-])c1)c(C)n2-c1ccc(-c2ccccc2)cc1. The van der Waals surface area contributed by atoms with Crippen molar-refractivity contribution in [3.63, 3.8) is 0 Å². The van der Waals surface area contributed by atoms with Crippen LogP contribution in [0.1, 0.15) is 11.3 Å². The summed E-state index contributed by atoms with van der Waals surface area (Å²) < 4.78 is 41.5. The molecule has 1 aliphatic rings. The molecule has 1 aromatic heterocycles. The molecule has 0 radical (unpaired) electrons. The third-order valence-electron chi connectivity index (χ3n) is 8.17. The van der Waals surface area contributed by atoms with Crippen molar-refractivity contribution < 1.29 is 27.6 Å². The van der Waals surface area contributed by atoms with Crippen molar-refractivity contribution in [1.29, 1.82) is 0 Å². The molecule has 2 heterocycles. The number of benzene rings is 4. The number of methoxy groups -OCH3 is 1. The number of nitro groups is 1. The molecule has 1 amide bonds. The van der Waals surface area contributed by atoms with Crippen molar-refractivity contribution in [2.45, 2.75) is 18.2 Å². The summed E-state index contributed by atoms with van der Waals surface area (Å²) >= 11 is 0. The second kappa shape index (κ2) is 12.7. The summed E-state index contributed by atoms with van der Waals surface area (Å²) in [6.45, 7) is 3.58. The van der Waals surface area contributed by atoms with Crippen LogP contribution in [-0.4, -0.2) is 57.2 Å². The molecule has 0 bridgehead atoms. The Morgan fingerprint density at radius 2 is 1.65 bits per heavy atom. The molecule has 236 valence electrons. The number of aromatic nitrogens is 1. The van der Waals surface area contributed by atoms with E-state index in [4.69, 9.17) is 9.47 Å². The maximum atomic E-state index is 13.3. The van der Waals surface area contributed by atoms with Gasteiger partial charge in [0.2, 0.25) is 5.91 Å². The van der Waals surface area contributed by atoms with Gasteiger partial charge in [0, 0.05) is 35.9 Å². The average molecular weight is 641 g/mol. The fourth-order valence-corrected chi connectivity index (χ4v) is 6.88. The zero-order chi connectivity index (χ0) is 32.4. The van der Waals surface area contributed by atoms with Gasteiger partial charge in [-0.05, 0) is 66.1 Å². The smallest absolute Gasteiger partial charge is 0.293 e. The van der Waals surface area contributed by atoms with Crippen molar-refractivity contribution in [1.82, 2.24) is 9.29 Å². The lowest BCUT2D eigenvalue weighted by atomic mass is 10.1. The van der Waals surface area contributed by atoms with Crippen LogP contribution in [0.15, 0.2) is 95.9 Å². The van der Waals surface area contributed by atoms with Crippen LogP contribution >= 0.6 is 0 Å². The van der Waals surface area contributed by atoms with Crippen molar-refractivity contribution in [2.75, 3.05) is 38.3 Å². The van der Waals surface area contributed by atoms with Crippen molar-refractivity contribution >= 4 is 38.2 Å². The zero-order valence-electron chi connectivity index (χ0n) is 25.3. The number of fused-ring (bicyclic) bond motifs is 1. The first-order valence-corrected chi connectivity index (χ1v) is 16.1. The van der Waals surface area contributed by atoms with Crippen LogP contribution < -0.4 is 14.4 Å². The van der Waals surface area contributed by atoms with Gasteiger partial charge in [0.1, 0.15) is 11.4 Å². The Morgan fingerprint density at radius 3 is 2.33 bits per heavy atom. The molecule has 0 spiro atoms. The number of carbonyl (C=O) groups excluding carboxylic acids is 1. The lowest BCUT2D eigenvalue weighted by Crippen LogP contribution is -2.36. The molecule has 1 saturated heterocycles. The molecule has 0 atom stereocenters. The highest BCUT2D eigenvalue weighted by Crippen LogP contribution is 2.34. The van der Waals surface area contributed by atoms with Gasteiger partial charge in [0.25, 0.3) is 15.7 Å². The summed E-state index contributed by atoms with van der Waals surface area (Å²) in [4.78, 5) is 26.0. The fraction of sp³-hybridized carbons (Fsp3) is 0.206. The van der Waals surface area contributed by atoms with Gasteiger partial charge >= 0.3 is 0 Å². The molecule has 1 fully saturated rings. The molecule has 6 rings (SSSR count). The number of nitrogens with one attached hydrogen (secondary N) is 1. The first kappa shape index (κ1) is 30.8. The van der Waals surface area contributed by atoms with Gasteiger partial charge in [-0.3, -0.25) is 14.9 Å². The Morgan fingerprint density at radius 1 is 0.957 bits per heavy atom. The maximum Gasteiger partial charge on any atom is 0.293 e. The first-order valence-electron chi connectivity index (χ1n) is 14.7. The Balaban J connectivity index is 1.30. The molecule has 1 N–H and O–H groups in total. The van der Waals surface area contributed by atoms with Crippen LogP contribution in [-0.2, 0) is 26.0 Å². The topological polar surface area (TPSA) is 133 Å². The van der Waals surface area contributed by atoms with Gasteiger partial charge in [-0.25, -0.2) is 13.1 Å². The Labute approximate surface area is 266 Å². The van der Waals surface area contributed by atoms with Crippen LogP contribution in [0.4, 0.5) is 11.4 Å². The van der Waals surface area contributed by atoms with Gasteiger partial charge in [-0.15, -0.1) is 0 Å². The number of amides is 1. The third-order valence-corrected chi connectivity index (χ3v) is 9.54. The van der Waals surface area contributed by atoms with E-state index >= 15 is 0 Å². The van der Waals surface area contributed by atoms with Crippen LogP contribution in [0.2, 0.25) is 0 Å². The molecule has 0 aliphatic carbocycles. The number of nitrogens with zero attached hydrogens (tertiary/aromatic N) is 3. The molecule has 12 heteroatoms. The molecule has 0 unspecified atom stereocenters. The number of morpholine rings is 1. The molecular weight excluding hydrogens is 608 g/mol. The first-order chi connectivity index (χ1) is 22.2. The van der Waals surface area contributed by atoms with E-state index in [1.807, 2.05) is 84.3 Å². The van der Waals surface area contributed by atoms with E-state index in [0.29, 0.717) is 43.3 Å². The van der Waals surface area contributed by atoms with Crippen molar-refractivity contribution in [3.05, 3.63) is 112 Å². The molecule has 46 heavy (non-hydrogen) atoms. The van der Waals surface area contributed by atoms with E-state index in [0.717, 1.165) is 39.5 Å². The number of sulfonamides is 1. The molecule has 4 aromatic carbocycles. The lowest BCUT2D eigenvalue weighted by molar-refractivity contribution is -0.384. The fourth-order valence-electron chi connectivity index (χ4n) is 5.87. The van der Waals surface area contributed by atoms with E-state index < -0.39 is 20.9 Å². The largest absolute Gasteiger partial charge is 0.497 e. The lowest BCUT2D eigenvalue weighted by Gasteiger charge is -2.28. The Kier molecular flexibility index (Phi) is 8.48. The molecule has 1 aliphatic heterocycles. The summed E-state index contributed by atoms with van der Waals surface area (Å²) in [5, 5.41) is 12.6. The van der Waals surface area contributed by atoms with Gasteiger partial charge in [0.05, 0.1) is 42.1 Å². The molecule has 0 saturated carbocycles. The monoisotopic (exact) mass is 640 g/mol. The maximum absolute atomic E-state index is 13.3. The van der Waals surface area contributed by atoms with Gasteiger partial charge in [-0.1, -0.05) is 42.5 Å². The zero-order valence-corrected chi connectivity index (χ0v) is 26.1. The number of carbonyl (C=O) groups is 1. The highest BCUT2D eigenvalue weighted by molar-refractivity contribution is 7.90. The van der Waals surface area contributed by atoms with Crippen LogP contribution in [0.5, 0.6) is 5.75 Å². The van der Waals surface area contributed by atoms with E-state index in [2.05, 4.69) is 4.72 Å². The number of ether oxygens (including phenoxy) is 2. The summed E-state index contributed by atoms with van der Waals surface area (Å²) in [6, 6.07) is 27.3. The van der Waals surface area contributed by atoms with Crippen LogP contribution in [0, 0.1) is 17.0 Å². The minimum absolute atomic E-state index is 0.252. The summed E-state index contributed by atoms with van der Waals surface area (Å²) in [5.41, 5.74) is 5.17. The highest BCUT2D eigenvalue weighted by atomic mass is 32.2. The third kappa shape index (κ3) is 6.04. The van der Waals surface area contributed by atoms with E-state index in [-0.39, 0.29) is 17.0 Å². The van der Waals surface area contributed by atoms with E-state index in [9.17, 15) is 23.3 Å². The predicted octanol–water partition coefficient (Wildman–Crippen LogP) is 5.41. The molecule has 5 aromatic rings. The second-order valence-corrected chi connectivity index (χ2v) is 12.6. The Bertz CT molecular complexity index is 2040. The van der Waals surface area contributed by atoms with E-state index in [1.54, 1.807) is 12.0 Å². The van der Waals surface area contributed by atoms with Crippen LogP contribution in [0.25, 0.3) is 27.7 Å².